The molecule has 1 aliphatic rings. The Labute approximate surface area is 130 Å². The number of fused-ring (bicyclic) bond motifs is 2. The lowest BCUT2D eigenvalue weighted by Gasteiger charge is -2.23. The van der Waals surface area contributed by atoms with Crippen LogP contribution in [-0.2, 0) is 0 Å². The summed E-state index contributed by atoms with van der Waals surface area (Å²) >= 11 is 6.16. The molecule has 1 heterocycles. The van der Waals surface area contributed by atoms with Crippen LogP contribution in [0.2, 0.25) is 5.02 Å². The van der Waals surface area contributed by atoms with Gasteiger partial charge in [-0.1, -0.05) is 35.9 Å². The van der Waals surface area contributed by atoms with Gasteiger partial charge < -0.3 is 9.64 Å². The Morgan fingerprint density at radius 3 is 2.62 bits per heavy atom. The Balaban J connectivity index is 2.06. The summed E-state index contributed by atoms with van der Waals surface area (Å²) in [6, 6.07) is 13.9. The molecule has 3 rings (SSSR count). The molecule has 0 N–H and O–H groups in total. The maximum absolute atomic E-state index is 6.16. The highest BCUT2D eigenvalue weighted by Gasteiger charge is 2.21. The molecular formula is C18H18ClNO. The summed E-state index contributed by atoms with van der Waals surface area (Å²) in [5.74, 6) is 1.78. The minimum atomic E-state index is 0.732. The maximum Gasteiger partial charge on any atom is 0.135 e. The number of para-hydroxylation sites is 1. The molecule has 0 aliphatic carbocycles. The van der Waals surface area contributed by atoms with Gasteiger partial charge in [-0.2, -0.15) is 0 Å². The lowest BCUT2D eigenvalue weighted by atomic mass is 9.93. The fourth-order valence-electron chi connectivity index (χ4n) is 2.53. The molecule has 0 unspecified atom stereocenters. The van der Waals surface area contributed by atoms with Crippen LogP contribution < -0.4 is 4.74 Å². The number of ether oxygens (including phenoxy) is 1. The summed E-state index contributed by atoms with van der Waals surface area (Å²) in [6.45, 7) is 1.02. The number of benzene rings is 2. The molecular weight excluding hydrogens is 282 g/mol. The van der Waals surface area contributed by atoms with Gasteiger partial charge >= 0.3 is 0 Å². The highest BCUT2D eigenvalue weighted by molar-refractivity contribution is 6.30. The molecule has 2 aromatic rings. The largest absolute Gasteiger partial charge is 0.456 e. The van der Waals surface area contributed by atoms with Gasteiger partial charge in [0.1, 0.15) is 11.5 Å². The van der Waals surface area contributed by atoms with Crippen LogP contribution in [0.1, 0.15) is 17.5 Å². The minimum absolute atomic E-state index is 0.732. The SMILES string of the molecule is CN(C)CC/C=C1\c2ccccc2Oc2ccc(Cl)cc21. The smallest absolute Gasteiger partial charge is 0.135 e. The molecule has 0 spiro atoms. The van der Waals surface area contributed by atoms with E-state index in [4.69, 9.17) is 16.3 Å². The van der Waals surface area contributed by atoms with Crippen LogP contribution in [0, 0.1) is 0 Å². The van der Waals surface area contributed by atoms with Crippen molar-refractivity contribution in [2.24, 2.45) is 0 Å². The van der Waals surface area contributed by atoms with Crippen molar-refractivity contribution in [3.63, 3.8) is 0 Å². The summed E-state index contributed by atoms with van der Waals surface area (Å²) in [7, 11) is 4.17. The van der Waals surface area contributed by atoms with E-state index in [0.717, 1.165) is 40.6 Å². The molecule has 0 fully saturated rings. The zero-order valence-electron chi connectivity index (χ0n) is 12.3. The molecule has 0 saturated carbocycles. The Morgan fingerprint density at radius 1 is 1.05 bits per heavy atom. The monoisotopic (exact) mass is 299 g/mol. The van der Waals surface area contributed by atoms with E-state index in [0.29, 0.717) is 0 Å². The zero-order valence-corrected chi connectivity index (χ0v) is 13.0. The quantitative estimate of drug-likeness (QED) is 0.687. The molecule has 0 atom stereocenters. The predicted octanol–water partition coefficient (Wildman–Crippen LogP) is 4.83. The Bertz CT molecular complexity index is 691. The number of hydrogen-bond donors (Lipinski definition) is 0. The first kappa shape index (κ1) is 14.2. The highest BCUT2D eigenvalue weighted by atomic mass is 35.5. The van der Waals surface area contributed by atoms with Crippen LogP contribution in [0.4, 0.5) is 0 Å². The molecule has 3 heteroatoms. The highest BCUT2D eigenvalue weighted by Crippen LogP contribution is 2.44. The van der Waals surface area contributed by atoms with Crippen molar-refractivity contribution in [3.8, 4) is 11.5 Å². The van der Waals surface area contributed by atoms with Crippen molar-refractivity contribution < 1.29 is 4.74 Å². The van der Waals surface area contributed by atoms with Gasteiger partial charge in [-0.25, -0.2) is 0 Å². The fraction of sp³-hybridized carbons (Fsp3) is 0.222. The van der Waals surface area contributed by atoms with Gasteiger partial charge in [-0.15, -0.1) is 0 Å². The molecule has 0 bridgehead atoms. The van der Waals surface area contributed by atoms with Gasteiger partial charge in [0.2, 0.25) is 0 Å². The number of rotatable bonds is 3. The number of hydrogen-bond acceptors (Lipinski definition) is 2. The topological polar surface area (TPSA) is 12.5 Å². The summed E-state index contributed by atoms with van der Waals surface area (Å²) in [6.07, 6.45) is 3.26. The summed E-state index contributed by atoms with van der Waals surface area (Å²) in [4.78, 5) is 2.18. The number of nitrogens with zero attached hydrogens (tertiary/aromatic N) is 1. The van der Waals surface area contributed by atoms with Gasteiger partial charge in [0.05, 0.1) is 0 Å². The second-order valence-electron chi connectivity index (χ2n) is 5.45. The lowest BCUT2D eigenvalue weighted by molar-refractivity contribution is 0.417. The maximum atomic E-state index is 6.16. The summed E-state index contributed by atoms with van der Waals surface area (Å²) < 4.78 is 5.98. The Kier molecular flexibility index (Phi) is 4.00. The normalized spacial score (nSPS) is 14.8. The first-order valence-electron chi connectivity index (χ1n) is 7.07. The van der Waals surface area contributed by atoms with Crippen molar-refractivity contribution in [3.05, 3.63) is 64.7 Å². The lowest BCUT2D eigenvalue weighted by Crippen LogP contribution is -2.12. The number of halogens is 1. The van der Waals surface area contributed by atoms with E-state index in [2.05, 4.69) is 31.1 Å². The van der Waals surface area contributed by atoms with Crippen molar-refractivity contribution >= 4 is 17.2 Å². The molecule has 2 aromatic carbocycles. The fourth-order valence-corrected chi connectivity index (χ4v) is 2.70. The zero-order chi connectivity index (χ0) is 14.8. The molecule has 0 amide bonds. The molecule has 21 heavy (non-hydrogen) atoms. The Hall–Kier alpha value is -1.77. The molecule has 0 aromatic heterocycles. The van der Waals surface area contributed by atoms with Gasteiger partial charge in [0.15, 0.2) is 0 Å². The van der Waals surface area contributed by atoms with Crippen LogP contribution in [-0.4, -0.2) is 25.5 Å². The van der Waals surface area contributed by atoms with E-state index in [1.54, 1.807) is 0 Å². The first-order chi connectivity index (χ1) is 10.1. The van der Waals surface area contributed by atoms with Gasteiger partial charge in [0, 0.05) is 22.7 Å². The molecule has 0 radical (unpaired) electrons. The summed E-state index contributed by atoms with van der Waals surface area (Å²) in [5.41, 5.74) is 3.40. The predicted molar refractivity (Wildman–Crippen MR) is 88.2 cm³/mol. The van der Waals surface area contributed by atoms with E-state index in [1.807, 2.05) is 36.4 Å². The van der Waals surface area contributed by atoms with Crippen LogP contribution in [0.25, 0.3) is 5.57 Å². The van der Waals surface area contributed by atoms with E-state index >= 15 is 0 Å². The van der Waals surface area contributed by atoms with E-state index in [1.165, 1.54) is 5.57 Å². The standard InChI is InChI=1S/C18H18ClNO/c1-20(2)11-5-7-14-15-6-3-4-8-17(15)21-18-10-9-13(19)12-16(14)18/h3-4,6-10,12H,5,11H2,1-2H3/b14-7+. The Morgan fingerprint density at radius 2 is 1.81 bits per heavy atom. The molecule has 0 saturated heterocycles. The molecule has 2 nitrogen and oxygen atoms in total. The van der Waals surface area contributed by atoms with Crippen molar-refractivity contribution in [1.29, 1.82) is 0 Å². The third-order valence-electron chi connectivity index (χ3n) is 3.55. The van der Waals surface area contributed by atoms with Crippen molar-refractivity contribution in [2.45, 2.75) is 6.42 Å². The van der Waals surface area contributed by atoms with Gasteiger partial charge in [-0.05, 0) is 50.4 Å². The first-order valence-corrected chi connectivity index (χ1v) is 7.45. The van der Waals surface area contributed by atoms with Crippen LogP contribution in [0.3, 0.4) is 0 Å². The van der Waals surface area contributed by atoms with Gasteiger partial charge in [-0.3, -0.25) is 0 Å². The second kappa shape index (κ2) is 5.92. The van der Waals surface area contributed by atoms with E-state index in [9.17, 15) is 0 Å². The second-order valence-corrected chi connectivity index (χ2v) is 5.88. The van der Waals surface area contributed by atoms with E-state index < -0.39 is 0 Å². The molecule has 1 aliphatic heterocycles. The van der Waals surface area contributed by atoms with Crippen molar-refractivity contribution in [2.75, 3.05) is 20.6 Å². The van der Waals surface area contributed by atoms with Crippen LogP contribution >= 0.6 is 11.6 Å². The van der Waals surface area contributed by atoms with E-state index in [-0.39, 0.29) is 0 Å². The average Bonchev–Trinajstić information content (AvgIpc) is 2.46. The summed E-state index contributed by atoms with van der Waals surface area (Å²) in [5, 5.41) is 0.732. The average molecular weight is 300 g/mol. The van der Waals surface area contributed by atoms with Crippen LogP contribution in [0.15, 0.2) is 48.5 Å². The third kappa shape index (κ3) is 2.97. The minimum Gasteiger partial charge on any atom is -0.456 e. The van der Waals surface area contributed by atoms with Gasteiger partial charge in [0.25, 0.3) is 0 Å². The molecule has 108 valence electrons. The van der Waals surface area contributed by atoms with Crippen molar-refractivity contribution in [1.82, 2.24) is 4.90 Å². The van der Waals surface area contributed by atoms with Crippen LogP contribution in [0.5, 0.6) is 11.5 Å². The third-order valence-corrected chi connectivity index (χ3v) is 3.79.